The minimum absolute atomic E-state index is 0. The van der Waals surface area contributed by atoms with Crippen molar-refractivity contribution >= 4 is 29.9 Å². The first-order chi connectivity index (χ1) is 13.8. The summed E-state index contributed by atoms with van der Waals surface area (Å²) in [6.07, 6.45) is 5.29. The Morgan fingerprint density at radius 3 is 2.41 bits per heavy atom. The molecule has 1 aliphatic heterocycles. The first-order valence-electron chi connectivity index (χ1n) is 10.2. The Morgan fingerprint density at radius 1 is 1.07 bits per heavy atom. The molecule has 2 aromatic rings. The molecule has 0 spiro atoms. The molecule has 6 nitrogen and oxygen atoms in total. The van der Waals surface area contributed by atoms with Gasteiger partial charge in [-0.3, -0.25) is 14.9 Å². The van der Waals surface area contributed by atoms with Crippen LogP contribution in [0.3, 0.4) is 0 Å². The zero-order chi connectivity index (χ0) is 19.6. The standard InChI is InChI=1S/C22H31N5O.HI/c1-2-24-22(26-17-21(28)19-10-12-23-13-11-19)25-16-20(27-14-6-7-15-27)18-8-4-3-5-9-18;/h3-5,8-13,20-21,28H,2,6-7,14-17H2,1H3,(H2,24,25,26);1H. The summed E-state index contributed by atoms with van der Waals surface area (Å²) in [7, 11) is 0. The van der Waals surface area contributed by atoms with Crippen LogP contribution in [0.15, 0.2) is 59.9 Å². The fourth-order valence-electron chi connectivity index (χ4n) is 3.58. The summed E-state index contributed by atoms with van der Waals surface area (Å²) in [5.41, 5.74) is 2.15. The average molecular weight is 509 g/mol. The molecule has 2 unspecified atom stereocenters. The van der Waals surface area contributed by atoms with Gasteiger partial charge in [-0.1, -0.05) is 30.3 Å². The van der Waals surface area contributed by atoms with E-state index in [2.05, 4.69) is 50.8 Å². The summed E-state index contributed by atoms with van der Waals surface area (Å²) in [5.74, 6) is 0.732. The van der Waals surface area contributed by atoms with Gasteiger partial charge in [-0.2, -0.15) is 0 Å². The third-order valence-electron chi connectivity index (χ3n) is 5.09. The Bertz CT molecular complexity index is 722. The lowest BCUT2D eigenvalue weighted by atomic mass is 10.1. The smallest absolute Gasteiger partial charge is 0.191 e. The monoisotopic (exact) mass is 509 g/mol. The van der Waals surface area contributed by atoms with Crippen LogP contribution < -0.4 is 10.6 Å². The maximum Gasteiger partial charge on any atom is 0.191 e. The van der Waals surface area contributed by atoms with E-state index in [1.165, 1.54) is 18.4 Å². The summed E-state index contributed by atoms with van der Waals surface area (Å²) in [6, 6.07) is 14.6. The van der Waals surface area contributed by atoms with Gasteiger partial charge in [0.05, 0.1) is 18.7 Å². The van der Waals surface area contributed by atoms with Crippen molar-refractivity contribution < 1.29 is 5.11 Å². The quantitative estimate of drug-likeness (QED) is 0.290. The first kappa shape index (κ1) is 23.6. The Hall–Kier alpha value is -1.71. The molecule has 7 heteroatoms. The van der Waals surface area contributed by atoms with Crippen molar-refractivity contribution in [1.29, 1.82) is 0 Å². The number of aliphatic imine (C=N–C) groups is 1. The van der Waals surface area contributed by atoms with Crippen LogP contribution in [0.25, 0.3) is 0 Å². The molecule has 1 aliphatic rings. The maximum atomic E-state index is 10.4. The molecule has 0 aliphatic carbocycles. The molecule has 2 atom stereocenters. The van der Waals surface area contributed by atoms with Crippen LogP contribution in [0.5, 0.6) is 0 Å². The summed E-state index contributed by atoms with van der Waals surface area (Å²) < 4.78 is 0. The van der Waals surface area contributed by atoms with Crippen LogP contribution in [-0.4, -0.2) is 53.7 Å². The number of hydrogen-bond acceptors (Lipinski definition) is 4. The first-order valence-corrected chi connectivity index (χ1v) is 10.2. The number of rotatable bonds is 8. The lowest BCUT2D eigenvalue weighted by molar-refractivity contribution is 0.180. The molecule has 3 rings (SSSR count). The van der Waals surface area contributed by atoms with Gasteiger partial charge in [0.15, 0.2) is 5.96 Å². The number of guanidine groups is 1. The van der Waals surface area contributed by atoms with E-state index in [9.17, 15) is 5.11 Å². The van der Waals surface area contributed by atoms with E-state index in [1.54, 1.807) is 12.4 Å². The number of likely N-dealkylation sites (tertiary alicyclic amines) is 1. The summed E-state index contributed by atoms with van der Waals surface area (Å²) in [4.78, 5) is 11.3. The molecule has 1 aromatic heterocycles. The molecule has 1 saturated heterocycles. The van der Waals surface area contributed by atoms with Gasteiger partial charge in [-0.15, -0.1) is 24.0 Å². The Balaban J connectivity index is 0.00000300. The minimum Gasteiger partial charge on any atom is -0.387 e. The number of halogens is 1. The van der Waals surface area contributed by atoms with Gasteiger partial charge in [0.25, 0.3) is 0 Å². The molecule has 1 aromatic carbocycles. The highest BCUT2D eigenvalue weighted by Gasteiger charge is 2.23. The van der Waals surface area contributed by atoms with Gasteiger partial charge >= 0.3 is 0 Å². The van der Waals surface area contributed by atoms with Crippen LogP contribution in [0.4, 0.5) is 0 Å². The number of aromatic nitrogens is 1. The second-order valence-corrected chi connectivity index (χ2v) is 7.07. The second kappa shape index (κ2) is 12.8. The van der Waals surface area contributed by atoms with Crippen molar-refractivity contribution in [3.63, 3.8) is 0 Å². The second-order valence-electron chi connectivity index (χ2n) is 7.07. The predicted octanol–water partition coefficient (Wildman–Crippen LogP) is 3.13. The number of hydrogen-bond donors (Lipinski definition) is 3. The van der Waals surface area contributed by atoms with Crippen molar-refractivity contribution in [3.8, 4) is 0 Å². The van der Waals surface area contributed by atoms with Gasteiger partial charge in [0.2, 0.25) is 0 Å². The average Bonchev–Trinajstić information content (AvgIpc) is 3.28. The van der Waals surface area contributed by atoms with E-state index in [0.717, 1.165) is 31.2 Å². The number of nitrogens with zero attached hydrogens (tertiary/aromatic N) is 3. The van der Waals surface area contributed by atoms with E-state index in [4.69, 9.17) is 4.99 Å². The molecule has 29 heavy (non-hydrogen) atoms. The van der Waals surface area contributed by atoms with Crippen molar-refractivity contribution in [1.82, 2.24) is 20.5 Å². The lowest BCUT2D eigenvalue weighted by Crippen LogP contribution is -2.40. The molecular formula is C22H32IN5O. The predicted molar refractivity (Wildman–Crippen MR) is 129 cm³/mol. The molecule has 0 amide bonds. The number of aliphatic hydroxyl groups is 1. The fourth-order valence-corrected chi connectivity index (χ4v) is 3.58. The largest absolute Gasteiger partial charge is 0.387 e. The van der Waals surface area contributed by atoms with Gasteiger partial charge in [-0.25, -0.2) is 0 Å². The van der Waals surface area contributed by atoms with Gasteiger partial charge < -0.3 is 15.7 Å². The summed E-state index contributed by atoms with van der Waals surface area (Å²) in [6.45, 7) is 6.16. The third kappa shape index (κ3) is 7.24. The number of benzene rings is 1. The van der Waals surface area contributed by atoms with Crippen LogP contribution >= 0.6 is 24.0 Å². The van der Waals surface area contributed by atoms with E-state index >= 15 is 0 Å². The zero-order valence-electron chi connectivity index (χ0n) is 17.0. The number of nitrogens with one attached hydrogen (secondary N) is 2. The maximum absolute atomic E-state index is 10.4. The number of aliphatic hydroxyl groups excluding tert-OH is 1. The van der Waals surface area contributed by atoms with Gasteiger partial charge in [0.1, 0.15) is 0 Å². The molecule has 1 fully saturated rings. The van der Waals surface area contributed by atoms with Crippen molar-refractivity contribution in [2.24, 2.45) is 4.99 Å². The molecule has 2 heterocycles. The van der Waals surface area contributed by atoms with Gasteiger partial charge in [0, 0.05) is 25.5 Å². The highest BCUT2D eigenvalue weighted by Crippen LogP contribution is 2.25. The van der Waals surface area contributed by atoms with E-state index in [0.29, 0.717) is 13.1 Å². The van der Waals surface area contributed by atoms with Crippen molar-refractivity contribution in [3.05, 3.63) is 66.0 Å². The van der Waals surface area contributed by atoms with E-state index in [1.807, 2.05) is 19.1 Å². The third-order valence-corrected chi connectivity index (χ3v) is 5.09. The molecule has 3 N–H and O–H groups in total. The Labute approximate surface area is 190 Å². The molecule has 0 radical (unpaired) electrons. The molecule has 158 valence electrons. The molecular weight excluding hydrogens is 477 g/mol. The fraction of sp³-hybridized carbons (Fsp3) is 0.455. The minimum atomic E-state index is -0.602. The van der Waals surface area contributed by atoms with Crippen LogP contribution in [-0.2, 0) is 0 Å². The van der Waals surface area contributed by atoms with E-state index in [-0.39, 0.29) is 30.0 Å². The Kier molecular flexibility index (Phi) is 10.4. The summed E-state index contributed by atoms with van der Waals surface area (Å²) >= 11 is 0. The van der Waals surface area contributed by atoms with Crippen LogP contribution in [0, 0.1) is 0 Å². The highest BCUT2D eigenvalue weighted by atomic mass is 127. The zero-order valence-corrected chi connectivity index (χ0v) is 19.3. The number of pyridine rings is 1. The normalized spacial score (nSPS) is 16.7. The van der Waals surface area contributed by atoms with Crippen LogP contribution in [0.1, 0.15) is 43.0 Å². The molecule has 0 bridgehead atoms. The van der Waals surface area contributed by atoms with E-state index < -0.39 is 6.10 Å². The van der Waals surface area contributed by atoms with Crippen molar-refractivity contribution in [2.45, 2.75) is 31.9 Å². The SMILES string of the molecule is CCNC(=NCC(c1ccccc1)N1CCCC1)NCC(O)c1ccncc1.I. The molecule has 0 saturated carbocycles. The Morgan fingerprint density at radius 2 is 1.76 bits per heavy atom. The van der Waals surface area contributed by atoms with Crippen LogP contribution in [0.2, 0.25) is 0 Å². The van der Waals surface area contributed by atoms with Gasteiger partial charge in [-0.05, 0) is 56.1 Å². The topological polar surface area (TPSA) is 72.8 Å². The lowest BCUT2D eigenvalue weighted by Gasteiger charge is -2.27. The van der Waals surface area contributed by atoms with Crippen molar-refractivity contribution in [2.75, 3.05) is 32.7 Å². The summed E-state index contributed by atoms with van der Waals surface area (Å²) in [5, 5.41) is 16.9. The highest BCUT2D eigenvalue weighted by molar-refractivity contribution is 14.0.